The number of aromatic nitrogens is 1. The molecule has 3 rings (SSSR count). The zero-order valence-electron chi connectivity index (χ0n) is 16.7. The maximum absolute atomic E-state index is 5.76. The quantitative estimate of drug-likeness (QED) is 0.363. The highest BCUT2D eigenvalue weighted by Gasteiger charge is 2.13. The van der Waals surface area contributed by atoms with E-state index >= 15 is 0 Å². The van der Waals surface area contributed by atoms with Gasteiger partial charge in [0.25, 0.3) is 0 Å². The molecule has 2 heterocycles. The number of guanidine groups is 1. The van der Waals surface area contributed by atoms with Crippen LogP contribution >= 0.6 is 24.0 Å². The fraction of sp³-hybridized carbons (Fsp3) is 0.429. The van der Waals surface area contributed by atoms with Gasteiger partial charge in [-0.15, -0.1) is 24.0 Å². The maximum Gasteiger partial charge on any atom is 0.193 e. The molecule has 2 aromatic rings. The Kier molecular flexibility index (Phi) is 9.33. The van der Waals surface area contributed by atoms with E-state index in [1.807, 2.05) is 43.6 Å². The van der Waals surface area contributed by atoms with Crippen LogP contribution in [0.4, 0.5) is 5.82 Å². The van der Waals surface area contributed by atoms with Gasteiger partial charge >= 0.3 is 0 Å². The summed E-state index contributed by atoms with van der Waals surface area (Å²) in [6.45, 7) is 4.29. The molecule has 0 atom stereocenters. The second-order valence-corrected chi connectivity index (χ2v) is 6.70. The van der Waals surface area contributed by atoms with Gasteiger partial charge in [0.1, 0.15) is 18.2 Å². The van der Waals surface area contributed by atoms with Gasteiger partial charge in [0.15, 0.2) is 5.96 Å². The van der Waals surface area contributed by atoms with E-state index in [9.17, 15) is 0 Å². The summed E-state index contributed by atoms with van der Waals surface area (Å²) in [5.74, 6) is 2.81. The van der Waals surface area contributed by atoms with Crippen LogP contribution in [0.3, 0.4) is 0 Å². The molecule has 152 valence electrons. The standard InChI is InChI=1S/C21H29N5O.HI/c1-22-21(25(2)14-15-27-19-8-4-3-5-9-19)24-17-18-10-11-20(23-16-18)26-12-6-7-13-26;/h3-5,8-11,16H,6-7,12-15,17H2,1-2H3,(H,22,24);1H. The summed E-state index contributed by atoms with van der Waals surface area (Å²) in [5, 5.41) is 3.39. The molecule has 1 saturated heterocycles. The minimum absolute atomic E-state index is 0. The van der Waals surface area contributed by atoms with Crippen molar-refractivity contribution >= 4 is 35.8 Å². The van der Waals surface area contributed by atoms with Crippen LogP contribution in [0.2, 0.25) is 0 Å². The first-order valence-electron chi connectivity index (χ1n) is 9.56. The lowest BCUT2D eigenvalue weighted by atomic mass is 10.3. The molecule has 0 radical (unpaired) electrons. The van der Waals surface area contributed by atoms with Crippen LogP contribution in [0, 0.1) is 0 Å². The average Bonchev–Trinajstić information content (AvgIpc) is 3.25. The molecule has 1 fully saturated rings. The van der Waals surface area contributed by atoms with E-state index in [-0.39, 0.29) is 24.0 Å². The predicted octanol–water partition coefficient (Wildman–Crippen LogP) is 3.39. The molecular formula is C21H30IN5O. The number of hydrogen-bond donors (Lipinski definition) is 1. The van der Waals surface area contributed by atoms with Crippen molar-refractivity contribution in [2.75, 3.05) is 45.2 Å². The SMILES string of the molecule is CN=C(NCc1ccc(N2CCCC2)nc1)N(C)CCOc1ccccc1.I. The number of halogens is 1. The molecule has 28 heavy (non-hydrogen) atoms. The van der Waals surface area contributed by atoms with Gasteiger partial charge in [-0.25, -0.2) is 4.98 Å². The number of nitrogens with one attached hydrogen (secondary N) is 1. The van der Waals surface area contributed by atoms with Crippen LogP contribution in [-0.2, 0) is 6.54 Å². The summed E-state index contributed by atoms with van der Waals surface area (Å²) in [5.41, 5.74) is 1.15. The van der Waals surface area contributed by atoms with Crippen molar-refractivity contribution in [1.82, 2.24) is 15.2 Å². The topological polar surface area (TPSA) is 53.0 Å². The number of hydrogen-bond acceptors (Lipinski definition) is 4. The van der Waals surface area contributed by atoms with Gasteiger partial charge in [0.2, 0.25) is 0 Å². The van der Waals surface area contributed by atoms with E-state index in [2.05, 4.69) is 37.2 Å². The second kappa shape index (κ2) is 11.7. The summed E-state index contributed by atoms with van der Waals surface area (Å²) in [6.07, 6.45) is 4.48. The van der Waals surface area contributed by atoms with Gasteiger partial charge in [-0.3, -0.25) is 4.99 Å². The van der Waals surface area contributed by atoms with E-state index in [4.69, 9.17) is 4.74 Å². The lowest BCUT2D eigenvalue weighted by Crippen LogP contribution is -2.40. The summed E-state index contributed by atoms with van der Waals surface area (Å²) < 4.78 is 5.76. The summed E-state index contributed by atoms with van der Waals surface area (Å²) >= 11 is 0. The third kappa shape index (κ3) is 6.54. The third-order valence-electron chi connectivity index (χ3n) is 4.70. The normalized spacial score (nSPS) is 13.8. The largest absolute Gasteiger partial charge is 0.492 e. The fourth-order valence-corrected chi connectivity index (χ4v) is 3.14. The number of aliphatic imine (C=N–C) groups is 1. The summed E-state index contributed by atoms with van der Waals surface area (Å²) in [7, 11) is 3.81. The third-order valence-corrected chi connectivity index (χ3v) is 4.70. The monoisotopic (exact) mass is 495 g/mol. The number of likely N-dealkylation sites (N-methyl/N-ethyl adjacent to an activating group) is 1. The first kappa shape index (κ1) is 22.3. The first-order valence-corrected chi connectivity index (χ1v) is 9.56. The number of benzene rings is 1. The Labute approximate surface area is 185 Å². The minimum Gasteiger partial charge on any atom is -0.492 e. The molecule has 1 aromatic carbocycles. The van der Waals surface area contributed by atoms with Crippen LogP contribution in [0.1, 0.15) is 18.4 Å². The molecule has 0 unspecified atom stereocenters. The zero-order chi connectivity index (χ0) is 18.9. The Morgan fingerprint density at radius 3 is 2.57 bits per heavy atom. The average molecular weight is 495 g/mol. The number of para-hydroxylation sites is 1. The lowest BCUT2D eigenvalue weighted by Gasteiger charge is -2.22. The number of anilines is 1. The Morgan fingerprint density at radius 2 is 1.93 bits per heavy atom. The first-order chi connectivity index (χ1) is 13.3. The Bertz CT molecular complexity index is 717. The Hall–Kier alpha value is -2.03. The van der Waals surface area contributed by atoms with Crippen LogP contribution in [0.15, 0.2) is 53.7 Å². The number of nitrogens with zero attached hydrogens (tertiary/aromatic N) is 4. The van der Waals surface area contributed by atoms with Crippen molar-refractivity contribution in [3.8, 4) is 5.75 Å². The van der Waals surface area contributed by atoms with Crippen molar-refractivity contribution in [2.45, 2.75) is 19.4 Å². The fourth-order valence-electron chi connectivity index (χ4n) is 3.14. The molecular weight excluding hydrogens is 465 g/mol. The van der Waals surface area contributed by atoms with Gasteiger partial charge < -0.3 is 19.9 Å². The number of pyridine rings is 1. The van der Waals surface area contributed by atoms with E-state index in [0.29, 0.717) is 13.2 Å². The van der Waals surface area contributed by atoms with Crippen molar-refractivity contribution in [3.05, 3.63) is 54.2 Å². The minimum atomic E-state index is 0. The highest BCUT2D eigenvalue weighted by molar-refractivity contribution is 14.0. The molecule has 1 aliphatic rings. The Balaban J connectivity index is 0.00000280. The van der Waals surface area contributed by atoms with Crippen molar-refractivity contribution < 1.29 is 4.74 Å². The molecule has 0 aliphatic carbocycles. The maximum atomic E-state index is 5.76. The van der Waals surface area contributed by atoms with Gasteiger partial charge in [-0.1, -0.05) is 24.3 Å². The molecule has 1 N–H and O–H groups in total. The molecule has 0 amide bonds. The van der Waals surface area contributed by atoms with Gasteiger partial charge in [-0.05, 0) is 36.6 Å². The van der Waals surface area contributed by atoms with Crippen LogP contribution in [-0.4, -0.2) is 56.2 Å². The van der Waals surface area contributed by atoms with E-state index < -0.39 is 0 Å². The Morgan fingerprint density at radius 1 is 1.18 bits per heavy atom. The van der Waals surface area contributed by atoms with Crippen LogP contribution in [0.5, 0.6) is 5.75 Å². The van der Waals surface area contributed by atoms with Crippen molar-refractivity contribution in [2.24, 2.45) is 4.99 Å². The lowest BCUT2D eigenvalue weighted by molar-refractivity contribution is 0.281. The number of rotatable bonds is 7. The van der Waals surface area contributed by atoms with Crippen molar-refractivity contribution in [1.29, 1.82) is 0 Å². The molecule has 0 saturated carbocycles. The molecule has 1 aliphatic heterocycles. The van der Waals surface area contributed by atoms with Crippen LogP contribution in [0.25, 0.3) is 0 Å². The number of ether oxygens (including phenoxy) is 1. The highest BCUT2D eigenvalue weighted by atomic mass is 127. The van der Waals surface area contributed by atoms with E-state index in [1.165, 1.54) is 12.8 Å². The summed E-state index contributed by atoms with van der Waals surface area (Å²) in [4.78, 5) is 13.4. The zero-order valence-corrected chi connectivity index (χ0v) is 19.0. The van der Waals surface area contributed by atoms with Gasteiger partial charge in [0.05, 0.1) is 6.54 Å². The van der Waals surface area contributed by atoms with Gasteiger partial charge in [0, 0.05) is 39.9 Å². The van der Waals surface area contributed by atoms with Crippen LogP contribution < -0.4 is 15.0 Å². The molecule has 0 spiro atoms. The van der Waals surface area contributed by atoms with Gasteiger partial charge in [-0.2, -0.15) is 0 Å². The molecule has 0 bridgehead atoms. The van der Waals surface area contributed by atoms with Crippen molar-refractivity contribution in [3.63, 3.8) is 0 Å². The molecule has 7 heteroatoms. The predicted molar refractivity (Wildman–Crippen MR) is 126 cm³/mol. The van der Waals surface area contributed by atoms with E-state index in [1.54, 1.807) is 7.05 Å². The highest BCUT2D eigenvalue weighted by Crippen LogP contribution is 2.17. The summed E-state index contributed by atoms with van der Waals surface area (Å²) in [6, 6.07) is 14.1. The second-order valence-electron chi connectivity index (χ2n) is 6.70. The smallest absolute Gasteiger partial charge is 0.193 e. The van der Waals surface area contributed by atoms with E-state index in [0.717, 1.165) is 42.7 Å². The molecule has 6 nitrogen and oxygen atoms in total. The molecule has 1 aromatic heterocycles.